The maximum atomic E-state index is 5.68. The van der Waals surface area contributed by atoms with Crippen LogP contribution in [0.1, 0.15) is 5.56 Å². The molecular formula is C14H17N3OS. The standard InChI is InChI=1S/C14H17N3OS/c15-13-10-19-14(16-13)12-3-1-2-11(8-12)9-17-4-6-18-7-5-17/h1-3,8,10H,4-7,9,15H2. The van der Waals surface area contributed by atoms with Gasteiger partial charge in [-0.25, -0.2) is 4.98 Å². The van der Waals surface area contributed by atoms with Gasteiger partial charge in [-0.1, -0.05) is 18.2 Å². The number of nitrogens with two attached hydrogens (primary N) is 1. The molecule has 0 atom stereocenters. The first-order valence-electron chi connectivity index (χ1n) is 6.42. The first kappa shape index (κ1) is 12.6. The minimum atomic E-state index is 0.596. The van der Waals surface area contributed by atoms with Crippen LogP contribution in [-0.2, 0) is 11.3 Å². The van der Waals surface area contributed by atoms with E-state index in [9.17, 15) is 0 Å². The summed E-state index contributed by atoms with van der Waals surface area (Å²) >= 11 is 1.59. The number of morpholine rings is 1. The number of aromatic nitrogens is 1. The summed E-state index contributed by atoms with van der Waals surface area (Å²) in [6.07, 6.45) is 0. The van der Waals surface area contributed by atoms with Crippen LogP contribution in [0, 0.1) is 0 Å². The van der Waals surface area contributed by atoms with Gasteiger partial charge in [0.15, 0.2) is 0 Å². The third-order valence-corrected chi connectivity index (χ3v) is 4.12. The van der Waals surface area contributed by atoms with E-state index in [1.807, 2.05) is 5.38 Å². The molecule has 0 bridgehead atoms. The van der Waals surface area contributed by atoms with E-state index in [1.54, 1.807) is 11.3 Å². The van der Waals surface area contributed by atoms with Crippen molar-refractivity contribution >= 4 is 17.2 Å². The maximum Gasteiger partial charge on any atom is 0.135 e. The largest absolute Gasteiger partial charge is 0.383 e. The molecule has 0 amide bonds. The van der Waals surface area contributed by atoms with E-state index in [2.05, 4.69) is 34.1 Å². The molecule has 0 aliphatic carbocycles. The molecule has 1 aromatic carbocycles. The summed E-state index contributed by atoms with van der Waals surface area (Å²) in [5.41, 5.74) is 8.14. The summed E-state index contributed by atoms with van der Waals surface area (Å²) in [6, 6.07) is 8.54. The van der Waals surface area contributed by atoms with Gasteiger partial charge in [-0.05, 0) is 11.6 Å². The number of nitrogens with zero attached hydrogens (tertiary/aromatic N) is 2. The lowest BCUT2D eigenvalue weighted by atomic mass is 10.1. The van der Waals surface area contributed by atoms with Crippen LogP contribution in [-0.4, -0.2) is 36.2 Å². The number of rotatable bonds is 3. The molecule has 1 saturated heterocycles. The van der Waals surface area contributed by atoms with Crippen molar-refractivity contribution in [3.63, 3.8) is 0 Å². The van der Waals surface area contributed by atoms with Gasteiger partial charge in [0.25, 0.3) is 0 Å². The highest BCUT2D eigenvalue weighted by molar-refractivity contribution is 7.13. The molecule has 0 saturated carbocycles. The molecule has 5 heteroatoms. The Labute approximate surface area is 116 Å². The molecule has 4 nitrogen and oxygen atoms in total. The first-order valence-corrected chi connectivity index (χ1v) is 7.29. The molecule has 1 fully saturated rings. The van der Waals surface area contributed by atoms with Gasteiger partial charge in [0.05, 0.1) is 13.2 Å². The summed E-state index contributed by atoms with van der Waals surface area (Å²) in [5, 5.41) is 2.87. The van der Waals surface area contributed by atoms with Crippen LogP contribution in [0.5, 0.6) is 0 Å². The molecule has 0 spiro atoms. The molecule has 1 aliphatic heterocycles. The smallest absolute Gasteiger partial charge is 0.135 e. The average Bonchev–Trinajstić information content (AvgIpc) is 2.87. The van der Waals surface area contributed by atoms with Crippen LogP contribution in [0.25, 0.3) is 10.6 Å². The van der Waals surface area contributed by atoms with E-state index < -0.39 is 0 Å². The van der Waals surface area contributed by atoms with Crippen molar-refractivity contribution in [1.82, 2.24) is 9.88 Å². The Kier molecular flexibility index (Phi) is 3.77. The zero-order chi connectivity index (χ0) is 13.1. The fourth-order valence-corrected chi connectivity index (χ4v) is 2.95. The van der Waals surface area contributed by atoms with Crippen LogP contribution in [0.4, 0.5) is 5.82 Å². The molecule has 2 N–H and O–H groups in total. The zero-order valence-electron chi connectivity index (χ0n) is 10.7. The van der Waals surface area contributed by atoms with Crippen molar-refractivity contribution < 1.29 is 4.74 Å². The van der Waals surface area contributed by atoms with Gasteiger partial charge in [-0.15, -0.1) is 11.3 Å². The SMILES string of the molecule is Nc1csc(-c2cccc(CN3CCOCC3)c2)n1. The Morgan fingerprint density at radius 2 is 2.16 bits per heavy atom. The number of anilines is 1. The van der Waals surface area contributed by atoms with Gasteiger partial charge in [-0.2, -0.15) is 0 Å². The Balaban J connectivity index is 1.75. The molecule has 2 aromatic rings. The predicted molar refractivity (Wildman–Crippen MR) is 78.1 cm³/mol. The summed E-state index contributed by atoms with van der Waals surface area (Å²) in [4.78, 5) is 6.75. The molecule has 2 heterocycles. The highest BCUT2D eigenvalue weighted by Gasteiger charge is 2.11. The Morgan fingerprint density at radius 1 is 1.32 bits per heavy atom. The second-order valence-electron chi connectivity index (χ2n) is 4.67. The van der Waals surface area contributed by atoms with E-state index >= 15 is 0 Å². The average molecular weight is 275 g/mol. The van der Waals surface area contributed by atoms with Crippen molar-refractivity contribution in [2.75, 3.05) is 32.0 Å². The van der Waals surface area contributed by atoms with E-state index in [0.717, 1.165) is 43.4 Å². The van der Waals surface area contributed by atoms with Crippen molar-refractivity contribution in [3.8, 4) is 10.6 Å². The fourth-order valence-electron chi connectivity index (χ4n) is 2.24. The van der Waals surface area contributed by atoms with Crippen LogP contribution >= 0.6 is 11.3 Å². The zero-order valence-corrected chi connectivity index (χ0v) is 11.5. The lowest BCUT2D eigenvalue weighted by molar-refractivity contribution is 0.0342. The van der Waals surface area contributed by atoms with Gasteiger partial charge in [0, 0.05) is 30.6 Å². The van der Waals surface area contributed by atoms with Crippen molar-refractivity contribution in [2.45, 2.75) is 6.54 Å². The van der Waals surface area contributed by atoms with Gasteiger partial charge in [0.2, 0.25) is 0 Å². The number of hydrogen-bond acceptors (Lipinski definition) is 5. The number of ether oxygens (including phenoxy) is 1. The van der Waals surface area contributed by atoms with Crippen molar-refractivity contribution in [2.24, 2.45) is 0 Å². The van der Waals surface area contributed by atoms with E-state index in [1.165, 1.54) is 5.56 Å². The number of benzene rings is 1. The fraction of sp³-hybridized carbons (Fsp3) is 0.357. The first-order chi connectivity index (χ1) is 9.31. The molecule has 0 unspecified atom stereocenters. The van der Waals surface area contributed by atoms with E-state index in [0.29, 0.717) is 5.82 Å². The molecule has 0 radical (unpaired) electrons. The van der Waals surface area contributed by atoms with E-state index in [4.69, 9.17) is 10.5 Å². The van der Waals surface area contributed by atoms with Gasteiger partial charge < -0.3 is 10.5 Å². The monoisotopic (exact) mass is 275 g/mol. The molecule has 1 aliphatic rings. The lowest BCUT2D eigenvalue weighted by Gasteiger charge is -2.26. The molecular weight excluding hydrogens is 258 g/mol. The summed E-state index contributed by atoms with van der Waals surface area (Å²) in [5.74, 6) is 0.596. The number of nitrogen functional groups attached to an aromatic ring is 1. The second kappa shape index (κ2) is 5.69. The third kappa shape index (κ3) is 3.12. The van der Waals surface area contributed by atoms with Crippen LogP contribution < -0.4 is 5.73 Å². The van der Waals surface area contributed by atoms with E-state index in [-0.39, 0.29) is 0 Å². The highest BCUT2D eigenvalue weighted by Crippen LogP contribution is 2.25. The van der Waals surface area contributed by atoms with Crippen molar-refractivity contribution in [1.29, 1.82) is 0 Å². The third-order valence-electron chi connectivity index (χ3n) is 3.21. The maximum absolute atomic E-state index is 5.68. The molecule has 1 aromatic heterocycles. The minimum absolute atomic E-state index is 0.596. The van der Waals surface area contributed by atoms with Crippen LogP contribution in [0.2, 0.25) is 0 Å². The lowest BCUT2D eigenvalue weighted by Crippen LogP contribution is -2.35. The topological polar surface area (TPSA) is 51.4 Å². The molecule has 3 rings (SSSR count). The normalized spacial score (nSPS) is 16.6. The Morgan fingerprint density at radius 3 is 2.89 bits per heavy atom. The highest BCUT2D eigenvalue weighted by atomic mass is 32.1. The molecule has 19 heavy (non-hydrogen) atoms. The van der Waals surface area contributed by atoms with Gasteiger partial charge in [0.1, 0.15) is 10.8 Å². The second-order valence-corrected chi connectivity index (χ2v) is 5.52. The Bertz CT molecular complexity index is 549. The van der Waals surface area contributed by atoms with Gasteiger partial charge in [-0.3, -0.25) is 4.90 Å². The van der Waals surface area contributed by atoms with Gasteiger partial charge >= 0.3 is 0 Å². The summed E-state index contributed by atoms with van der Waals surface area (Å²) in [6.45, 7) is 4.66. The summed E-state index contributed by atoms with van der Waals surface area (Å²) in [7, 11) is 0. The number of hydrogen-bond donors (Lipinski definition) is 1. The Hall–Kier alpha value is -1.43. The van der Waals surface area contributed by atoms with Crippen LogP contribution in [0.15, 0.2) is 29.6 Å². The predicted octanol–water partition coefficient (Wildman–Crippen LogP) is 2.22. The summed E-state index contributed by atoms with van der Waals surface area (Å²) < 4.78 is 5.37. The minimum Gasteiger partial charge on any atom is -0.383 e. The quantitative estimate of drug-likeness (QED) is 0.933. The van der Waals surface area contributed by atoms with Crippen LogP contribution in [0.3, 0.4) is 0 Å². The number of thiazole rings is 1. The van der Waals surface area contributed by atoms with Crippen molar-refractivity contribution in [3.05, 3.63) is 35.2 Å². The molecule has 100 valence electrons.